The van der Waals surface area contributed by atoms with Crippen LogP contribution in [0.2, 0.25) is 0 Å². The molecule has 3 aromatic rings. The summed E-state index contributed by atoms with van der Waals surface area (Å²) in [7, 11) is 3.96. The molecule has 0 bridgehead atoms. The van der Waals surface area contributed by atoms with Crippen LogP contribution in [0.5, 0.6) is 11.5 Å². The molecule has 0 aromatic heterocycles. The number of benzene rings is 3. The number of ether oxygens (including phenoxy) is 2. The van der Waals surface area contributed by atoms with E-state index in [-0.39, 0.29) is 5.97 Å². The Labute approximate surface area is 165 Å². The van der Waals surface area contributed by atoms with Gasteiger partial charge in [-0.3, -0.25) is 0 Å². The number of nitrogens with zero attached hydrogens (tertiary/aromatic N) is 1. The van der Waals surface area contributed by atoms with Gasteiger partial charge in [0.1, 0.15) is 11.5 Å². The van der Waals surface area contributed by atoms with Gasteiger partial charge in [-0.15, -0.1) is 0 Å². The Balaban J connectivity index is 1.87. The fourth-order valence-corrected chi connectivity index (χ4v) is 4.27. The van der Waals surface area contributed by atoms with Gasteiger partial charge in [0.15, 0.2) is 5.60 Å². The van der Waals surface area contributed by atoms with Crippen LogP contribution in [-0.4, -0.2) is 20.1 Å². The minimum atomic E-state index is -1.01. The number of halogens is 1. The molecule has 0 fully saturated rings. The van der Waals surface area contributed by atoms with Gasteiger partial charge >= 0.3 is 5.97 Å². The number of hydrogen-bond acceptors (Lipinski definition) is 4. The Bertz CT molecular complexity index is 1110. The van der Waals surface area contributed by atoms with Crippen molar-refractivity contribution in [2.75, 3.05) is 19.0 Å². The van der Waals surface area contributed by atoms with Gasteiger partial charge in [-0.25, -0.2) is 4.79 Å². The lowest BCUT2D eigenvalue weighted by atomic mass is 9.77. The lowest BCUT2D eigenvalue weighted by Gasteiger charge is -2.37. The molecule has 1 atom stereocenters. The molecule has 2 aliphatic heterocycles. The van der Waals surface area contributed by atoms with Crippen molar-refractivity contribution in [3.05, 3.63) is 87.4 Å². The molecule has 0 saturated heterocycles. The SMILES string of the molecule is CN(C)c1ccc2c(c1)Oc1ccc(Br)cc1C21OC(=O)c2ccccc21. The third kappa shape index (κ3) is 2.18. The molecule has 2 aliphatic rings. The first-order valence-electron chi connectivity index (χ1n) is 8.63. The molecule has 1 unspecified atom stereocenters. The number of rotatable bonds is 1. The van der Waals surface area contributed by atoms with Crippen LogP contribution in [0.15, 0.2) is 65.1 Å². The zero-order valence-corrected chi connectivity index (χ0v) is 16.4. The maximum atomic E-state index is 12.7. The highest BCUT2D eigenvalue weighted by molar-refractivity contribution is 9.10. The van der Waals surface area contributed by atoms with Crippen LogP contribution in [0.4, 0.5) is 5.69 Å². The number of anilines is 1. The zero-order chi connectivity index (χ0) is 18.8. The molecule has 1 spiro atoms. The predicted molar refractivity (Wildman–Crippen MR) is 107 cm³/mol. The van der Waals surface area contributed by atoms with Gasteiger partial charge in [-0.05, 0) is 36.4 Å². The van der Waals surface area contributed by atoms with Gasteiger partial charge in [-0.1, -0.05) is 34.1 Å². The Kier molecular flexibility index (Phi) is 3.40. The summed E-state index contributed by atoms with van der Waals surface area (Å²) in [5.74, 6) is 1.06. The summed E-state index contributed by atoms with van der Waals surface area (Å²) in [6.45, 7) is 0. The number of fused-ring (bicyclic) bond motifs is 6. The molecule has 27 heavy (non-hydrogen) atoms. The average molecular weight is 422 g/mol. The highest BCUT2D eigenvalue weighted by atomic mass is 79.9. The van der Waals surface area contributed by atoms with E-state index in [9.17, 15) is 4.79 Å². The van der Waals surface area contributed by atoms with E-state index in [0.29, 0.717) is 17.1 Å². The summed E-state index contributed by atoms with van der Waals surface area (Å²) in [6, 6.07) is 19.3. The Hall–Kier alpha value is -2.79. The maximum absolute atomic E-state index is 12.7. The lowest BCUT2D eigenvalue weighted by Crippen LogP contribution is -2.33. The normalized spacial score (nSPS) is 19.0. The van der Waals surface area contributed by atoms with Crippen LogP contribution in [0.1, 0.15) is 27.0 Å². The molecular weight excluding hydrogens is 406 g/mol. The van der Waals surface area contributed by atoms with E-state index in [4.69, 9.17) is 9.47 Å². The van der Waals surface area contributed by atoms with Crippen molar-refractivity contribution in [2.24, 2.45) is 0 Å². The fourth-order valence-electron chi connectivity index (χ4n) is 3.91. The van der Waals surface area contributed by atoms with Crippen LogP contribution >= 0.6 is 15.9 Å². The smallest absolute Gasteiger partial charge is 0.340 e. The van der Waals surface area contributed by atoms with Crippen LogP contribution in [0.3, 0.4) is 0 Å². The quantitative estimate of drug-likeness (QED) is 0.513. The molecule has 2 heterocycles. The maximum Gasteiger partial charge on any atom is 0.340 e. The Morgan fingerprint density at radius 2 is 1.70 bits per heavy atom. The van der Waals surface area contributed by atoms with Crippen LogP contribution in [0.25, 0.3) is 0 Å². The molecule has 3 aromatic carbocycles. The Morgan fingerprint density at radius 3 is 2.52 bits per heavy atom. The van der Waals surface area contributed by atoms with E-state index >= 15 is 0 Å². The van der Waals surface area contributed by atoms with Crippen LogP contribution in [-0.2, 0) is 10.3 Å². The number of carbonyl (C=O) groups is 1. The summed E-state index contributed by atoms with van der Waals surface area (Å²) in [5, 5.41) is 0. The fraction of sp³-hybridized carbons (Fsp3) is 0.136. The van der Waals surface area contributed by atoms with Crippen molar-refractivity contribution in [1.82, 2.24) is 0 Å². The van der Waals surface area contributed by atoms with Gasteiger partial charge in [0, 0.05) is 47.0 Å². The van der Waals surface area contributed by atoms with E-state index in [0.717, 1.165) is 26.9 Å². The van der Waals surface area contributed by atoms with Gasteiger partial charge in [0.25, 0.3) is 0 Å². The van der Waals surface area contributed by atoms with Crippen LogP contribution < -0.4 is 9.64 Å². The summed E-state index contributed by atoms with van der Waals surface area (Å²) in [6.07, 6.45) is 0. The first kappa shape index (κ1) is 16.4. The third-order valence-corrected chi connectivity index (χ3v) is 5.67. The number of esters is 1. The largest absolute Gasteiger partial charge is 0.456 e. The van der Waals surface area contributed by atoms with Gasteiger partial charge in [0.05, 0.1) is 5.56 Å². The van der Waals surface area contributed by atoms with Crippen molar-refractivity contribution in [2.45, 2.75) is 5.60 Å². The summed E-state index contributed by atoms with van der Waals surface area (Å²) >= 11 is 3.54. The second-order valence-electron chi connectivity index (χ2n) is 6.93. The van der Waals surface area contributed by atoms with E-state index in [1.54, 1.807) is 0 Å². The first-order chi connectivity index (χ1) is 13.0. The monoisotopic (exact) mass is 421 g/mol. The highest BCUT2D eigenvalue weighted by Gasteiger charge is 2.53. The minimum absolute atomic E-state index is 0.318. The summed E-state index contributed by atoms with van der Waals surface area (Å²) < 4.78 is 13.2. The van der Waals surface area contributed by atoms with Crippen molar-refractivity contribution in [1.29, 1.82) is 0 Å². The van der Waals surface area contributed by atoms with Crippen molar-refractivity contribution in [3.63, 3.8) is 0 Å². The third-order valence-electron chi connectivity index (χ3n) is 5.17. The van der Waals surface area contributed by atoms with E-state index in [1.165, 1.54) is 0 Å². The topological polar surface area (TPSA) is 38.8 Å². The van der Waals surface area contributed by atoms with Crippen molar-refractivity contribution in [3.8, 4) is 11.5 Å². The van der Waals surface area contributed by atoms with Gasteiger partial charge < -0.3 is 14.4 Å². The number of carbonyl (C=O) groups excluding carboxylic acids is 1. The predicted octanol–water partition coefficient (Wildman–Crippen LogP) is 5.08. The molecule has 0 radical (unpaired) electrons. The Morgan fingerprint density at radius 1 is 0.889 bits per heavy atom. The molecule has 5 heteroatoms. The molecular formula is C22H16BrNO3. The molecule has 5 rings (SSSR count). The summed E-state index contributed by atoms with van der Waals surface area (Å²) in [5.41, 5.74) is 3.09. The minimum Gasteiger partial charge on any atom is -0.456 e. The van der Waals surface area contributed by atoms with E-state index < -0.39 is 5.60 Å². The van der Waals surface area contributed by atoms with Gasteiger partial charge in [-0.2, -0.15) is 0 Å². The second kappa shape index (κ2) is 5.60. The van der Waals surface area contributed by atoms with E-state index in [1.807, 2.05) is 79.7 Å². The number of hydrogen-bond donors (Lipinski definition) is 0. The average Bonchev–Trinajstić information content (AvgIpc) is 2.96. The molecule has 0 N–H and O–H groups in total. The standard InChI is InChI=1S/C22H16BrNO3/c1-24(2)14-8-9-17-20(12-14)26-19-10-7-13(23)11-18(19)22(17)16-6-4-3-5-15(16)21(25)27-22/h3-12H,1-2H3. The van der Waals surface area contributed by atoms with Crippen molar-refractivity contribution >= 4 is 27.6 Å². The first-order valence-corrected chi connectivity index (χ1v) is 9.42. The van der Waals surface area contributed by atoms with E-state index in [2.05, 4.69) is 15.9 Å². The van der Waals surface area contributed by atoms with Gasteiger partial charge in [0.2, 0.25) is 0 Å². The van der Waals surface area contributed by atoms with Crippen molar-refractivity contribution < 1.29 is 14.3 Å². The molecule has 0 aliphatic carbocycles. The molecule has 4 nitrogen and oxygen atoms in total. The molecule has 0 saturated carbocycles. The molecule has 134 valence electrons. The molecule has 0 amide bonds. The summed E-state index contributed by atoms with van der Waals surface area (Å²) in [4.78, 5) is 14.8. The highest BCUT2D eigenvalue weighted by Crippen LogP contribution is 2.56. The zero-order valence-electron chi connectivity index (χ0n) is 14.8. The second-order valence-corrected chi connectivity index (χ2v) is 7.85. The lowest BCUT2D eigenvalue weighted by molar-refractivity contribution is 0.0224. The van der Waals surface area contributed by atoms with Crippen LogP contribution in [0, 0.1) is 0 Å².